The molecule has 0 saturated heterocycles. The fraction of sp³-hybridized carbons (Fsp3) is 0.278. The summed E-state index contributed by atoms with van der Waals surface area (Å²) in [5.74, 6) is 0.576. The van der Waals surface area contributed by atoms with Gasteiger partial charge in [-0.1, -0.05) is 42.5 Å². The Kier molecular flexibility index (Phi) is 5.38. The van der Waals surface area contributed by atoms with E-state index in [1.54, 1.807) is 7.11 Å². The molecule has 21 heavy (non-hydrogen) atoms. The second-order valence-electron chi connectivity index (χ2n) is 4.75. The maximum Gasteiger partial charge on any atom is 0.306 e. The summed E-state index contributed by atoms with van der Waals surface area (Å²) in [6.45, 7) is 2.22. The highest BCUT2D eigenvalue weighted by Crippen LogP contribution is 2.30. The van der Waals surface area contributed by atoms with Gasteiger partial charge in [-0.05, 0) is 30.2 Å². The van der Waals surface area contributed by atoms with E-state index < -0.39 is 0 Å². The summed E-state index contributed by atoms with van der Waals surface area (Å²) in [7, 11) is 1.64. The summed E-state index contributed by atoms with van der Waals surface area (Å²) in [6.07, 6.45) is 0.324. The minimum atomic E-state index is -0.186. The molecule has 0 heterocycles. The number of carbonyl (C=O) groups excluding carboxylic acids is 1. The van der Waals surface area contributed by atoms with E-state index in [0.717, 1.165) is 16.9 Å². The van der Waals surface area contributed by atoms with Crippen LogP contribution in [-0.4, -0.2) is 19.7 Å². The first-order valence-electron chi connectivity index (χ1n) is 7.09. The van der Waals surface area contributed by atoms with Crippen molar-refractivity contribution in [2.45, 2.75) is 19.3 Å². The Balaban J connectivity index is 2.33. The minimum Gasteiger partial charge on any atom is -0.497 e. The van der Waals surface area contributed by atoms with Crippen LogP contribution in [0.25, 0.3) is 0 Å². The standard InChI is InChI=1S/C18H20O3/c1-3-21-18(19)13-17(14-8-5-4-6-9-14)15-10-7-11-16(12-15)20-2/h4-12,17H,3,13H2,1-2H3. The summed E-state index contributed by atoms with van der Waals surface area (Å²) in [6, 6.07) is 17.8. The molecule has 0 aliphatic carbocycles. The van der Waals surface area contributed by atoms with Gasteiger partial charge in [0.25, 0.3) is 0 Å². The Hall–Kier alpha value is -2.29. The predicted molar refractivity (Wildman–Crippen MR) is 82.5 cm³/mol. The molecule has 0 amide bonds. The average Bonchev–Trinajstić information content (AvgIpc) is 2.54. The lowest BCUT2D eigenvalue weighted by molar-refractivity contribution is -0.143. The van der Waals surface area contributed by atoms with Crippen LogP contribution in [0.5, 0.6) is 5.75 Å². The van der Waals surface area contributed by atoms with Gasteiger partial charge in [0.2, 0.25) is 0 Å². The number of hydrogen-bond acceptors (Lipinski definition) is 3. The van der Waals surface area contributed by atoms with Crippen molar-refractivity contribution in [3.05, 3.63) is 65.7 Å². The van der Waals surface area contributed by atoms with Gasteiger partial charge in [0, 0.05) is 5.92 Å². The predicted octanol–water partition coefficient (Wildman–Crippen LogP) is 3.78. The molecule has 0 radical (unpaired) electrons. The van der Waals surface area contributed by atoms with Crippen molar-refractivity contribution in [1.29, 1.82) is 0 Å². The van der Waals surface area contributed by atoms with Crippen LogP contribution in [0.1, 0.15) is 30.4 Å². The van der Waals surface area contributed by atoms with Gasteiger partial charge in [-0.25, -0.2) is 0 Å². The second kappa shape index (κ2) is 7.48. The van der Waals surface area contributed by atoms with Gasteiger partial charge in [0.15, 0.2) is 0 Å². The molecule has 110 valence electrons. The third-order valence-corrected chi connectivity index (χ3v) is 3.37. The number of rotatable bonds is 6. The smallest absolute Gasteiger partial charge is 0.306 e. The van der Waals surface area contributed by atoms with Crippen molar-refractivity contribution in [1.82, 2.24) is 0 Å². The Morgan fingerprint density at radius 1 is 1.05 bits per heavy atom. The van der Waals surface area contributed by atoms with Gasteiger partial charge >= 0.3 is 5.97 Å². The van der Waals surface area contributed by atoms with Gasteiger partial charge in [-0.3, -0.25) is 4.79 Å². The molecule has 0 spiro atoms. The highest BCUT2D eigenvalue weighted by atomic mass is 16.5. The zero-order valence-electron chi connectivity index (χ0n) is 12.4. The van der Waals surface area contributed by atoms with Gasteiger partial charge in [-0.15, -0.1) is 0 Å². The van der Waals surface area contributed by atoms with Crippen LogP contribution in [0.4, 0.5) is 0 Å². The first-order chi connectivity index (χ1) is 10.2. The zero-order valence-corrected chi connectivity index (χ0v) is 12.4. The molecule has 3 heteroatoms. The fourth-order valence-corrected chi connectivity index (χ4v) is 2.36. The van der Waals surface area contributed by atoms with Crippen molar-refractivity contribution < 1.29 is 14.3 Å². The van der Waals surface area contributed by atoms with E-state index in [1.807, 2.05) is 61.5 Å². The third kappa shape index (κ3) is 4.09. The Bertz CT molecular complexity index is 578. The van der Waals surface area contributed by atoms with E-state index >= 15 is 0 Å². The number of esters is 1. The average molecular weight is 284 g/mol. The molecule has 0 fully saturated rings. The molecule has 0 N–H and O–H groups in total. The van der Waals surface area contributed by atoms with Crippen LogP contribution in [0.3, 0.4) is 0 Å². The molecular formula is C18H20O3. The molecule has 0 bridgehead atoms. The van der Waals surface area contributed by atoms with Crippen molar-refractivity contribution in [3.63, 3.8) is 0 Å². The molecule has 2 aromatic carbocycles. The highest BCUT2D eigenvalue weighted by molar-refractivity contribution is 5.71. The van der Waals surface area contributed by atoms with Crippen LogP contribution in [0.15, 0.2) is 54.6 Å². The normalized spacial score (nSPS) is 11.7. The quantitative estimate of drug-likeness (QED) is 0.757. The maximum absolute atomic E-state index is 11.9. The number of benzene rings is 2. The van der Waals surface area contributed by atoms with Gasteiger partial charge in [0.05, 0.1) is 20.1 Å². The lowest BCUT2D eigenvalue weighted by atomic mass is 9.88. The van der Waals surface area contributed by atoms with Crippen molar-refractivity contribution in [2.75, 3.05) is 13.7 Å². The number of methoxy groups -OCH3 is 1. The monoisotopic (exact) mass is 284 g/mol. The topological polar surface area (TPSA) is 35.5 Å². The Morgan fingerprint density at radius 2 is 1.76 bits per heavy atom. The molecule has 1 atom stereocenters. The summed E-state index contributed by atoms with van der Waals surface area (Å²) in [5.41, 5.74) is 2.15. The first-order valence-corrected chi connectivity index (χ1v) is 7.09. The summed E-state index contributed by atoms with van der Waals surface area (Å²) < 4.78 is 10.4. The van der Waals surface area contributed by atoms with E-state index in [2.05, 4.69) is 0 Å². The van der Waals surface area contributed by atoms with Crippen LogP contribution in [0.2, 0.25) is 0 Å². The minimum absolute atomic E-state index is 0.0275. The van der Waals surface area contributed by atoms with E-state index in [9.17, 15) is 4.79 Å². The van der Waals surface area contributed by atoms with E-state index in [0.29, 0.717) is 13.0 Å². The third-order valence-electron chi connectivity index (χ3n) is 3.37. The summed E-state index contributed by atoms with van der Waals surface area (Å²) in [4.78, 5) is 11.9. The van der Waals surface area contributed by atoms with Crippen LogP contribution >= 0.6 is 0 Å². The van der Waals surface area contributed by atoms with Crippen molar-refractivity contribution in [3.8, 4) is 5.75 Å². The Morgan fingerprint density at radius 3 is 2.43 bits per heavy atom. The summed E-state index contributed by atoms with van der Waals surface area (Å²) in [5, 5.41) is 0. The number of ether oxygens (including phenoxy) is 2. The lowest BCUT2D eigenvalue weighted by Gasteiger charge is -2.18. The fourth-order valence-electron chi connectivity index (χ4n) is 2.36. The molecule has 1 unspecified atom stereocenters. The summed E-state index contributed by atoms with van der Waals surface area (Å²) >= 11 is 0. The van der Waals surface area contributed by atoms with E-state index in [4.69, 9.17) is 9.47 Å². The van der Waals surface area contributed by atoms with Crippen LogP contribution in [0, 0.1) is 0 Å². The molecule has 0 aromatic heterocycles. The van der Waals surface area contributed by atoms with Gasteiger partial charge in [-0.2, -0.15) is 0 Å². The first kappa shape index (κ1) is 15.1. The Labute approximate surface area is 125 Å². The highest BCUT2D eigenvalue weighted by Gasteiger charge is 2.19. The molecule has 0 aliphatic heterocycles. The molecule has 3 nitrogen and oxygen atoms in total. The van der Waals surface area contributed by atoms with E-state index in [1.165, 1.54) is 0 Å². The lowest BCUT2D eigenvalue weighted by Crippen LogP contribution is -2.11. The molecule has 0 saturated carbocycles. The molecule has 0 aliphatic rings. The molecular weight excluding hydrogens is 264 g/mol. The number of carbonyl (C=O) groups is 1. The molecule has 2 rings (SSSR count). The van der Waals surface area contributed by atoms with Crippen LogP contribution in [-0.2, 0) is 9.53 Å². The largest absolute Gasteiger partial charge is 0.497 e. The SMILES string of the molecule is CCOC(=O)CC(c1ccccc1)c1cccc(OC)c1. The number of hydrogen-bond donors (Lipinski definition) is 0. The van der Waals surface area contributed by atoms with E-state index in [-0.39, 0.29) is 11.9 Å². The molecule has 2 aromatic rings. The van der Waals surface area contributed by atoms with Crippen molar-refractivity contribution in [2.24, 2.45) is 0 Å². The second-order valence-corrected chi connectivity index (χ2v) is 4.75. The maximum atomic E-state index is 11.9. The van der Waals surface area contributed by atoms with Gasteiger partial charge < -0.3 is 9.47 Å². The zero-order chi connectivity index (χ0) is 15.1. The van der Waals surface area contributed by atoms with Crippen molar-refractivity contribution >= 4 is 5.97 Å². The van der Waals surface area contributed by atoms with Gasteiger partial charge in [0.1, 0.15) is 5.75 Å². The van der Waals surface area contributed by atoms with Crippen LogP contribution < -0.4 is 4.74 Å².